The molecule has 0 aliphatic carbocycles. The van der Waals surface area contributed by atoms with Crippen LogP contribution in [0.15, 0.2) is 22.7 Å². The fourth-order valence-corrected chi connectivity index (χ4v) is 1.89. The van der Waals surface area contributed by atoms with Gasteiger partial charge in [0.2, 0.25) is 5.91 Å². The molecule has 1 aromatic rings. The Kier molecular flexibility index (Phi) is 2.91. The summed E-state index contributed by atoms with van der Waals surface area (Å²) in [5, 5.41) is 2.14. The molecule has 0 radical (unpaired) electrons. The van der Waals surface area contributed by atoms with Crippen LogP contribution in [0.3, 0.4) is 0 Å². The number of urea groups is 1. The number of hydrogen-bond donors (Lipinski definition) is 1. The Labute approximate surface area is 99.6 Å². The maximum Gasteiger partial charge on any atom is 0.324 e. The first-order chi connectivity index (χ1) is 7.56. The van der Waals surface area contributed by atoms with Crippen molar-refractivity contribution in [3.05, 3.63) is 34.1 Å². The second-order valence-corrected chi connectivity index (χ2v) is 4.36. The van der Waals surface area contributed by atoms with Crippen molar-refractivity contribution in [2.75, 3.05) is 6.54 Å². The molecule has 3 amide bonds. The summed E-state index contributed by atoms with van der Waals surface area (Å²) in [5.41, 5.74) is 0.374. The Morgan fingerprint density at radius 1 is 1.44 bits per heavy atom. The third kappa shape index (κ3) is 2.21. The van der Waals surface area contributed by atoms with Crippen molar-refractivity contribution in [2.45, 2.75) is 6.54 Å². The maximum atomic E-state index is 13.4. The zero-order chi connectivity index (χ0) is 11.7. The number of carbonyl (C=O) groups is 2. The largest absolute Gasteiger partial charge is 0.324 e. The molecule has 0 bridgehead atoms. The van der Waals surface area contributed by atoms with Crippen LogP contribution in [0, 0.1) is 5.82 Å². The summed E-state index contributed by atoms with van der Waals surface area (Å²) in [4.78, 5) is 23.4. The number of hydrogen-bond acceptors (Lipinski definition) is 2. The summed E-state index contributed by atoms with van der Waals surface area (Å²) in [5.74, 6) is -0.754. The van der Waals surface area contributed by atoms with E-state index in [1.54, 1.807) is 12.1 Å². The van der Waals surface area contributed by atoms with E-state index in [1.165, 1.54) is 11.0 Å². The molecule has 1 heterocycles. The van der Waals surface area contributed by atoms with Crippen LogP contribution in [0.4, 0.5) is 9.18 Å². The number of carbonyl (C=O) groups excluding carboxylic acids is 2. The van der Waals surface area contributed by atoms with Gasteiger partial charge in [-0.2, -0.15) is 0 Å². The minimum Gasteiger partial charge on any atom is -0.311 e. The second kappa shape index (κ2) is 4.21. The van der Waals surface area contributed by atoms with Crippen LogP contribution in [-0.4, -0.2) is 23.4 Å². The third-order valence-electron chi connectivity index (χ3n) is 2.24. The number of rotatable bonds is 2. The quantitative estimate of drug-likeness (QED) is 0.841. The van der Waals surface area contributed by atoms with Gasteiger partial charge in [0.05, 0.1) is 6.54 Å². The zero-order valence-electron chi connectivity index (χ0n) is 8.17. The van der Waals surface area contributed by atoms with Crippen LogP contribution in [0.1, 0.15) is 5.56 Å². The molecule has 1 aliphatic rings. The lowest BCUT2D eigenvalue weighted by Crippen LogP contribution is -2.28. The van der Waals surface area contributed by atoms with Crippen LogP contribution in [-0.2, 0) is 11.3 Å². The molecule has 1 aliphatic heterocycles. The van der Waals surface area contributed by atoms with Crippen molar-refractivity contribution in [2.24, 2.45) is 0 Å². The first-order valence-electron chi connectivity index (χ1n) is 4.59. The molecule has 2 rings (SSSR count). The van der Waals surface area contributed by atoms with Gasteiger partial charge in [-0.1, -0.05) is 15.9 Å². The summed E-state index contributed by atoms with van der Waals surface area (Å²) < 4.78 is 14.1. The smallest absolute Gasteiger partial charge is 0.311 e. The van der Waals surface area contributed by atoms with Crippen molar-refractivity contribution >= 4 is 27.9 Å². The van der Waals surface area contributed by atoms with Gasteiger partial charge in [0, 0.05) is 10.0 Å². The van der Waals surface area contributed by atoms with Gasteiger partial charge in [-0.25, -0.2) is 9.18 Å². The van der Waals surface area contributed by atoms with Crippen molar-refractivity contribution in [3.63, 3.8) is 0 Å². The van der Waals surface area contributed by atoms with E-state index < -0.39 is 11.8 Å². The normalized spacial score (nSPS) is 15.5. The van der Waals surface area contributed by atoms with Gasteiger partial charge < -0.3 is 4.90 Å². The Morgan fingerprint density at radius 2 is 2.19 bits per heavy atom. The highest BCUT2D eigenvalue weighted by Crippen LogP contribution is 2.17. The molecule has 0 saturated carbocycles. The van der Waals surface area contributed by atoms with Gasteiger partial charge in [0.1, 0.15) is 12.4 Å². The molecule has 4 nitrogen and oxygen atoms in total. The summed E-state index contributed by atoms with van der Waals surface area (Å²) in [6, 6.07) is 4.00. The van der Waals surface area contributed by atoms with Gasteiger partial charge in [0.25, 0.3) is 0 Å². The molecular weight excluding hydrogens is 279 g/mol. The highest BCUT2D eigenvalue weighted by Gasteiger charge is 2.27. The highest BCUT2D eigenvalue weighted by molar-refractivity contribution is 9.10. The highest BCUT2D eigenvalue weighted by atomic mass is 79.9. The third-order valence-corrected chi connectivity index (χ3v) is 2.73. The van der Waals surface area contributed by atoms with E-state index in [1.807, 2.05) is 0 Å². The molecule has 1 fully saturated rings. The van der Waals surface area contributed by atoms with Gasteiger partial charge in [0.15, 0.2) is 0 Å². The SMILES string of the molecule is O=C1CN(Cc2cc(Br)ccc2F)C(=O)N1. The molecule has 1 N–H and O–H groups in total. The number of nitrogens with one attached hydrogen (secondary N) is 1. The molecule has 16 heavy (non-hydrogen) atoms. The molecule has 0 unspecified atom stereocenters. The van der Waals surface area contributed by atoms with Gasteiger partial charge in [-0.15, -0.1) is 0 Å². The first-order valence-corrected chi connectivity index (χ1v) is 5.38. The average molecular weight is 287 g/mol. The fraction of sp³-hybridized carbons (Fsp3) is 0.200. The summed E-state index contributed by atoms with van der Waals surface area (Å²) >= 11 is 3.22. The zero-order valence-corrected chi connectivity index (χ0v) is 9.75. The monoisotopic (exact) mass is 286 g/mol. The van der Waals surface area contributed by atoms with Crippen molar-refractivity contribution in [1.82, 2.24) is 10.2 Å². The maximum absolute atomic E-state index is 13.4. The standard InChI is InChI=1S/C10H8BrFN2O2/c11-7-1-2-8(12)6(3-7)4-14-5-9(15)13-10(14)16/h1-3H,4-5H2,(H,13,15,16). The Balaban J connectivity index is 2.18. The molecule has 1 aromatic carbocycles. The topological polar surface area (TPSA) is 49.4 Å². The van der Waals surface area contributed by atoms with Crippen LogP contribution in [0.2, 0.25) is 0 Å². The van der Waals surface area contributed by atoms with E-state index in [2.05, 4.69) is 21.2 Å². The fourth-order valence-electron chi connectivity index (χ4n) is 1.48. The average Bonchev–Trinajstić information content (AvgIpc) is 2.51. The lowest BCUT2D eigenvalue weighted by molar-refractivity contribution is -0.118. The predicted molar refractivity (Wildman–Crippen MR) is 58.0 cm³/mol. The van der Waals surface area contributed by atoms with Crippen LogP contribution >= 0.6 is 15.9 Å². The minimum atomic E-state index is -0.482. The summed E-state index contributed by atoms with van der Waals surface area (Å²) in [6.07, 6.45) is 0. The van der Waals surface area contributed by atoms with Gasteiger partial charge in [-0.05, 0) is 18.2 Å². The van der Waals surface area contributed by atoms with E-state index in [0.717, 1.165) is 4.47 Å². The Hall–Kier alpha value is -1.43. The lowest BCUT2D eigenvalue weighted by atomic mass is 10.2. The van der Waals surface area contributed by atoms with E-state index in [0.29, 0.717) is 5.56 Å². The number of benzene rings is 1. The van der Waals surface area contributed by atoms with Crippen LogP contribution in [0.25, 0.3) is 0 Å². The van der Waals surface area contributed by atoms with Crippen molar-refractivity contribution in [3.8, 4) is 0 Å². The van der Waals surface area contributed by atoms with E-state index in [-0.39, 0.29) is 19.0 Å². The number of nitrogens with zero attached hydrogens (tertiary/aromatic N) is 1. The Bertz CT molecular complexity index is 464. The van der Waals surface area contributed by atoms with E-state index in [4.69, 9.17) is 0 Å². The van der Waals surface area contributed by atoms with Crippen molar-refractivity contribution < 1.29 is 14.0 Å². The first kappa shape index (κ1) is 11.1. The molecule has 1 saturated heterocycles. The van der Waals surface area contributed by atoms with E-state index >= 15 is 0 Å². The molecule has 0 aromatic heterocycles. The summed E-state index contributed by atoms with van der Waals surface area (Å²) in [7, 11) is 0. The second-order valence-electron chi connectivity index (χ2n) is 3.45. The van der Waals surface area contributed by atoms with Crippen molar-refractivity contribution in [1.29, 1.82) is 0 Å². The number of imide groups is 1. The van der Waals surface area contributed by atoms with Gasteiger partial charge in [-0.3, -0.25) is 10.1 Å². The molecule has 0 atom stereocenters. The number of halogens is 2. The molecular formula is C10H8BrFN2O2. The van der Waals surface area contributed by atoms with E-state index in [9.17, 15) is 14.0 Å². The lowest BCUT2D eigenvalue weighted by Gasteiger charge is -2.13. The molecule has 0 spiro atoms. The number of amides is 3. The van der Waals surface area contributed by atoms with Crippen LogP contribution < -0.4 is 5.32 Å². The predicted octanol–water partition coefficient (Wildman–Crippen LogP) is 1.64. The minimum absolute atomic E-state index is 0.0230. The molecule has 6 heteroatoms. The molecule has 84 valence electrons. The van der Waals surface area contributed by atoms with Gasteiger partial charge >= 0.3 is 6.03 Å². The summed E-state index contributed by atoms with van der Waals surface area (Å²) in [6.45, 7) is 0.0631. The van der Waals surface area contributed by atoms with Crippen LogP contribution in [0.5, 0.6) is 0 Å². The Morgan fingerprint density at radius 3 is 2.81 bits per heavy atom.